The average molecular weight is 267 g/mol. The molecule has 0 heterocycles. The van der Waals surface area contributed by atoms with E-state index in [0.29, 0.717) is 5.92 Å². The summed E-state index contributed by atoms with van der Waals surface area (Å²) >= 11 is 5.94. The van der Waals surface area contributed by atoms with Gasteiger partial charge in [0, 0.05) is 10.9 Å². The number of benzene rings is 2. The summed E-state index contributed by atoms with van der Waals surface area (Å²) in [6.07, 6.45) is 9.81. The Hall–Kier alpha value is -1.79. The van der Waals surface area contributed by atoms with Gasteiger partial charge in [-0.2, -0.15) is 0 Å². The fourth-order valence-corrected chi connectivity index (χ4v) is 2.54. The van der Waals surface area contributed by atoms with Gasteiger partial charge < -0.3 is 0 Å². The Morgan fingerprint density at radius 3 is 2.47 bits per heavy atom. The van der Waals surface area contributed by atoms with Crippen LogP contribution in [0.3, 0.4) is 0 Å². The molecule has 0 saturated carbocycles. The minimum absolute atomic E-state index is 0.497. The topological polar surface area (TPSA) is 0 Å². The van der Waals surface area contributed by atoms with E-state index >= 15 is 0 Å². The van der Waals surface area contributed by atoms with Crippen LogP contribution in [0.25, 0.3) is 11.1 Å². The molecule has 1 aliphatic rings. The molecule has 1 aliphatic carbocycles. The van der Waals surface area contributed by atoms with Gasteiger partial charge in [0.2, 0.25) is 0 Å². The van der Waals surface area contributed by atoms with Crippen molar-refractivity contribution in [1.29, 1.82) is 0 Å². The summed E-state index contributed by atoms with van der Waals surface area (Å²) in [5.41, 5.74) is 3.83. The lowest BCUT2D eigenvalue weighted by Crippen LogP contribution is -1.96. The molecule has 94 valence electrons. The van der Waals surface area contributed by atoms with E-state index in [1.165, 1.54) is 16.7 Å². The minimum Gasteiger partial charge on any atom is -0.0843 e. The van der Waals surface area contributed by atoms with Crippen LogP contribution in [0.4, 0.5) is 0 Å². The van der Waals surface area contributed by atoms with Crippen LogP contribution >= 0.6 is 11.6 Å². The van der Waals surface area contributed by atoms with Gasteiger partial charge in [-0.3, -0.25) is 0 Å². The molecule has 0 radical (unpaired) electrons. The number of halogens is 1. The molecule has 1 atom stereocenters. The number of hydrogen-bond donors (Lipinski definition) is 0. The Bertz CT molecular complexity index is 620. The zero-order valence-electron chi connectivity index (χ0n) is 10.6. The van der Waals surface area contributed by atoms with Crippen LogP contribution in [0.2, 0.25) is 5.02 Å². The second-order valence-corrected chi connectivity index (χ2v) is 5.22. The zero-order valence-corrected chi connectivity index (χ0v) is 11.3. The van der Waals surface area contributed by atoms with Gasteiger partial charge in [-0.15, -0.1) is 0 Å². The summed E-state index contributed by atoms with van der Waals surface area (Å²) in [5.74, 6) is 0.497. The fraction of sp³-hybridized carbons (Fsp3) is 0.111. The first kappa shape index (κ1) is 12.3. The van der Waals surface area contributed by atoms with Crippen molar-refractivity contribution in [2.45, 2.75) is 12.3 Å². The van der Waals surface area contributed by atoms with Crippen molar-refractivity contribution in [3.05, 3.63) is 83.4 Å². The highest BCUT2D eigenvalue weighted by Crippen LogP contribution is 2.29. The first-order chi connectivity index (χ1) is 9.33. The predicted molar refractivity (Wildman–Crippen MR) is 82.5 cm³/mol. The van der Waals surface area contributed by atoms with Crippen molar-refractivity contribution in [1.82, 2.24) is 0 Å². The molecule has 0 spiro atoms. The molecule has 19 heavy (non-hydrogen) atoms. The number of hydrogen-bond acceptors (Lipinski definition) is 0. The highest BCUT2D eigenvalue weighted by Gasteiger charge is 2.09. The lowest BCUT2D eigenvalue weighted by Gasteiger charge is -2.14. The molecule has 2 aromatic rings. The van der Waals surface area contributed by atoms with E-state index in [9.17, 15) is 0 Å². The summed E-state index contributed by atoms with van der Waals surface area (Å²) in [5, 5.41) is 0.778. The molecule has 0 nitrogen and oxygen atoms in total. The first-order valence-electron chi connectivity index (χ1n) is 6.52. The van der Waals surface area contributed by atoms with E-state index in [2.05, 4.69) is 60.7 Å². The maximum atomic E-state index is 5.94. The monoisotopic (exact) mass is 266 g/mol. The molecule has 1 heteroatoms. The van der Waals surface area contributed by atoms with Gasteiger partial charge >= 0.3 is 0 Å². The molecule has 0 saturated heterocycles. The molecule has 0 amide bonds. The summed E-state index contributed by atoms with van der Waals surface area (Å²) < 4.78 is 0. The number of rotatable bonds is 2. The third-order valence-corrected chi connectivity index (χ3v) is 3.72. The maximum absolute atomic E-state index is 5.94. The van der Waals surface area contributed by atoms with E-state index < -0.39 is 0 Å². The van der Waals surface area contributed by atoms with Gasteiger partial charge in [-0.1, -0.05) is 72.3 Å². The van der Waals surface area contributed by atoms with Gasteiger partial charge in [-0.05, 0) is 35.2 Å². The van der Waals surface area contributed by atoms with Crippen LogP contribution in [0.15, 0.2) is 72.8 Å². The van der Waals surface area contributed by atoms with Crippen molar-refractivity contribution in [3.63, 3.8) is 0 Å². The van der Waals surface area contributed by atoms with E-state index in [-0.39, 0.29) is 0 Å². The molecular formula is C18H15Cl. The van der Waals surface area contributed by atoms with Crippen LogP contribution in [0.1, 0.15) is 17.9 Å². The molecule has 0 fully saturated rings. The lowest BCUT2D eigenvalue weighted by atomic mass is 9.90. The van der Waals surface area contributed by atoms with E-state index in [0.717, 1.165) is 11.4 Å². The summed E-state index contributed by atoms with van der Waals surface area (Å²) in [7, 11) is 0. The smallest absolute Gasteiger partial charge is 0.0406 e. The van der Waals surface area contributed by atoms with Crippen molar-refractivity contribution >= 4 is 11.6 Å². The average Bonchev–Trinajstić information content (AvgIpc) is 2.49. The molecule has 3 rings (SSSR count). The van der Waals surface area contributed by atoms with Crippen molar-refractivity contribution < 1.29 is 0 Å². The Morgan fingerprint density at radius 1 is 0.895 bits per heavy atom. The molecule has 0 bridgehead atoms. The summed E-state index contributed by atoms with van der Waals surface area (Å²) in [4.78, 5) is 0. The van der Waals surface area contributed by atoms with Crippen LogP contribution in [0.5, 0.6) is 0 Å². The van der Waals surface area contributed by atoms with Gasteiger partial charge in [0.05, 0.1) is 0 Å². The van der Waals surface area contributed by atoms with Crippen LogP contribution in [-0.4, -0.2) is 0 Å². The fourth-order valence-electron chi connectivity index (χ4n) is 2.42. The van der Waals surface area contributed by atoms with Gasteiger partial charge in [0.25, 0.3) is 0 Å². The van der Waals surface area contributed by atoms with Crippen LogP contribution in [0, 0.1) is 0 Å². The quantitative estimate of drug-likeness (QED) is 0.663. The van der Waals surface area contributed by atoms with Crippen molar-refractivity contribution in [3.8, 4) is 11.1 Å². The first-order valence-corrected chi connectivity index (χ1v) is 6.90. The highest BCUT2D eigenvalue weighted by molar-refractivity contribution is 6.30. The van der Waals surface area contributed by atoms with Crippen molar-refractivity contribution in [2.75, 3.05) is 0 Å². The Morgan fingerprint density at radius 2 is 1.74 bits per heavy atom. The van der Waals surface area contributed by atoms with Crippen molar-refractivity contribution in [2.24, 2.45) is 0 Å². The molecule has 2 aromatic carbocycles. The lowest BCUT2D eigenvalue weighted by molar-refractivity contribution is 0.854. The zero-order chi connectivity index (χ0) is 13.1. The molecule has 1 unspecified atom stereocenters. The van der Waals surface area contributed by atoms with Crippen LogP contribution in [-0.2, 0) is 0 Å². The van der Waals surface area contributed by atoms with E-state index in [4.69, 9.17) is 11.6 Å². The molecule has 0 aromatic heterocycles. The molecule has 0 aliphatic heterocycles. The normalized spacial score (nSPS) is 17.6. The van der Waals surface area contributed by atoms with Crippen LogP contribution < -0.4 is 0 Å². The second-order valence-electron chi connectivity index (χ2n) is 4.79. The Labute approximate surface area is 119 Å². The molecule has 0 N–H and O–H groups in total. The number of allylic oxidation sites excluding steroid dienone is 4. The SMILES string of the molecule is Clc1ccc(-c2cccc(C3C=CC=CC3)c2)cc1. The Kier molecular flexibility index (Phi) is 3.52. The predicted octanol–water partition coefficient (Wildman–Crippen LogP) is 5.61. The highest BCUT2D eigenvalue weighted by atomic mass is 35.5. The largest absolute Gasteiger partial charge is 0.0843 e. The minimum atomic E-state index is 0.497. The summed E-state index contributed by atoms with van der Waals surface area (Å²) in [6, 6.07) is 16.8. The second kappa shape index (κ2) is 5.46. The standard InChI is InChI=1S/C18H15Cl/c19-18-11-9-15(10-12-18)17-8-4-7-16(13-17)14-5-2-1-3-6-14/h1-5,7-14H,6H2. The summed E-state index contributed by atoms with van der Waals surface area (Å²) in [6.45, 7) is 0. The molecular weight excluding hydrogens is 252 g/mol. The Balaban J connectivity index is 1.93. The van der Waals surface area contributed by atoms with Gasteiger partial charge in [-0.25, -0.2) is 0 Å². The maximum Gasteiger partial charge on any atom is 0.0406 e. The van der Waals surface area contributed by atoms with E-state index in [1.54, 1.807) is 0 Å². The third kappa shape index (κ3) is 2.80. The third-order valence-electron chi connectivity index (χ3n) is 3.47. The van der Waals surface area contributed by atoms with E-state index in [1.807, 2.05) is 12.1 Å². The van der Waals surface area contributed by atoms with Gasteiger partial charge in [0.1, 0.15) is 0 Å². The van der Waals surface area contributed by atoms with Gasteiger partial charge in [0.15, 0.2) is 0 Å².